The molecule has 1 amide bonds. The van der Waals surface area contributed by atoms with Crippen LogP contribution in [-0.2, 0) is 16.0 Å². The van der Waals surface area contributed by atoms with Gasteiger partial charge in [-0.2, -0.15) is 0 Å². The summed E-state index contributed by atoms with van der Waals surface area (Å²) in [6.45, 7) is 3.60. The molecule has 0 aliphatic carbocycles. The molecule has 5 N–H and O–H groups in total. The highest BCUT2D eigenvalue weighted by molar-refractivity contribution is 5.87. The Morgan fingerprint density at radius 1 is 1.56 bits per heavy atom. The average molecular weight is 254 g/mol. The van der Waals surface area contributed by atoms with Crippen molar-refractivity contribution in [1.29, 1.82) is 0 Å². The van der Waals surface area contributed by atoms with Crippen LogP contribution >= 0.6 is 0 Å². The van der Waals surface area contributed by atoms with Gasteiger partial charge in [0, 0.05) is 18.3 Å². The third-order valence-corrected chi connectivity index (χ3v) is 2.61. The Labute approximate surface area is 105 Å². The Morgan fingerprint density at radius 3 is 2.67 bits per heavy atom. The molecule has 7 heteroatoms. The fourth-order valence-electron chi connectivity index (χ4n) is 1.39. The molecule has 0 saturated carbocycles. The minimum atomic E-state index is -1.10. The molecule has 0 spiro atoms. The van der Waals surface area contributed by atoms with E-state index in [2.05, 4.69) is 15.3 Å². The van der Waals surface area contributed by atoms with Crippen molar-refractivity contribution in [2.75, 3.05) is 0 Å². The first kappa shape index (κ1) is 14.2. The number of hydrogen-bond donors (Lipinski definition) is 4. The lowest BCUT2D eigenvalue weighted by atomic mass is 10.0. The van der Waals surface area contributed by atoms with Crippen LogP contribution in [-0.4, -0.2) is 39.0 Å². The molecule has 1 aromatic rings. The number of nitrogens with one attached hydrogen (secondary N) is 2. The highest BCUT2D eigenvalue weighted by atomic mass is 16.4. The molecule has 18 heavy (non-hydrogen) atoms. The van der Waals surface area contributed by atoms with E-state index >= 15 is 0 Å². The van der Waals surface area contributed by atoms with Gasteiger partial charge in [-0.1, -0.05) is 13.8 Å². The van der Waals surface area contributed by atoms with Crippen molar-refractivity contribution in [2.45, 2.75) is 32.4 Å². The number of H-pyrrole nitrogens is 1. The number of nitrogens with zero attached hydrogens (tertiary/aromatic N) is 1. The molecule has 0 radical (unpaired) electrons. The van der Waals surface area contributed by atoms with E-state index in [1.165, 1.54) is 12.5 Å². The van der Waals surface area contributed by atoms with Crippen LogP contribution in [0.2, 0.25) is 0 Å². The van der Waals surface area contributed by atoms with E-state index in [1.807, 2.05) is 0 Å². The molecular formula is C11H18N4O3. The molecule has 1 heterocycles. The maximum Gasteiger partial charge on any atom is 0.326 e. The van der Waals surface area contributed by atoms with Crippen molar-refractivity contribution in [3.63, 3.8) is 0 Å². The Morgan fingerprint density at radius 2 is 2.22 bits per heavy atom. The Bertz CT molecular complexity index is 402. The summed E-state index contributed by atoms with van der Waals surface area (Å²) in [7, 11) is 0. The fourth-order valence-corrected chi connectivity index (χ4v) is 1.39. The number of aliphatic carboxylic acids is 1. The molecule has 7 nitrogen and oxygen atoms in total. The molecule has 0 aliphatic rings. The molecule has 1 rings (SSSR count). The zero-order chi connectivity index (χ0) is 13.7. The summed E-state index contributed by atoms with van der Waals surface area (Å²) >= 11 is 0. The summed E-state index contributed by atoms with van der Waals surface area (Å²) in [6, 6.07) is -1.73. The summed E-state index contributed by atoms with van der Waals surface area (Å²) in [4.78, 5) is 29.3. The van der Waals surface area contributed by atoms with Crippen LogP contribution in [0.4, 0.5) is 0 Å². The highest BCUT2D eigenvalue weighted by Gasteiger charge is 2.25. The van der Waals surface area contributed by atoms with E-state index in [4.69, 9.17) is 10.8 Å². The van der Waals surface area contributed by atoms with Gasteiger partial charge in [-0.05, 0) is 5.92 Å². The van der Waals surface area contributed by atoms with E-state index in [0.29, 0.717) is 5.69 Å². The van der Waals surface area contributed by atoms with Crippen LogP contribution in [0.25, 0.3) is 0 Å². The second-order valence-corrected chi connectivity index (χ2v) is 4.45. The number of rotatable bonds is 6. The van der Waals surface area contributed by atoms with E-state index in [1.54, 1.807) is 13.8 Å². The first-order valence-electron chi connectivity index (χ1n) is 5.67. The van der Waals surface area contributed by atoms with Crippen LogP contribution in [0, 0.1) is 5.92 Å². The van der Waals surface area contributed by atoms with Crippen molar-refractivity contribution >= 4 is 11.9 Å². The smallest absolute Gasteiger partial charge is 0.326 e. The van der Waals surface area contributed by atoms with Gasteiger partial charge in [0.05, 0.1) is 12.4 Å². The quantitative estimate of drug-likeness (QED) is 0.545. The van der Waals surface area contributed by atoms with Gasteiger partial charge in [0.2, 0.25) is 5.91 Å². The van der Waals surface area contributed by atoms with Crippen molar-refractivity contribution in [2.24, 2.45) is 11.7 Å². The third kappa shape index (κ3) is 3.85. The number of carboxylic acid groups (broad SMARTS) is 1. The van der Waals surface area contributed by atoms with Gasteiger partial charge in [-0.3, -0.25) is 4.79 Å². The maximum absolute atomic E-state index is 11.7. The highest BCUT2D eigenvalue weighted by Crippen LogP contribution is 2.02. The van der Waals surface area contributed by atoms with Gasteiger partial charge in [-0.25, -0.2) is 9.78 Å². The van der Waals surface area contributed by atoms with Crippen LogP contribution in [0.3, 0.4) is 0 Å². The fraction of sp³-hybridized carbons (Fsp3) is 0.545. The molecular weight excluding hydrogens is 236 g/mol. The zero-order valence-corrected chi connectivity index (χ0v) is 10.4. The van der Waals surface area contributed by atoms with Crippen LogP contribution in [0.15, 0.2) is 12.5 Å². The minimum Gasteiger partial charge on any atom is -0.480 e. The summed E-state index contributed by atoms with van der Waals surface area (Å²) in [5.41, 5.74) is 6.30. The molecule has 0 fully saturated rings. The number of carbonyl (C=O) groups is 2. The van der Waals surface area contributed by atoms with Gasteiger partial charge >= 0.3 is 5.97 Å². The van der Waals surface area contributed by atoms with Gasteiger partial charge in [0.15, 0.2) is 0 Å². The van der Waals surface area contributed by atoms with Crippen molar-refractivity contribution in [1.82, 2.24) is 15.3 Å². The van der Waals surface area contributed by atoms with Crippen LogP contribution in [0.5, 0.6) is 0 Å². The van der Waals surface area contributed by atoms with E-state index in [-0.39, 0.29) is 12.3 Å². The van der Waals surface area contributed by atoms with Crippen LogP contribution in [0.1, 0.15) is 19.5 Å². The topological polar surface area (TPSA) is 121 Å². The van der Waals surface area contributed by atoms with Crippen molar-refractivity contribution < 1.29 is 14.7 Å². The number of aromatic amines is 1. The number of aromatic nitrogens is 2. The normalized spacial score (nSPS) is 14.2. The Hall–Kier alpha value is -1.89. The number of nitrogens with two attached hydrogens (primary N) is 1. The van der Waals surface area contributed by atoms with Gasteiger partial charge in [0.1, 0.15) is 6.04 Å². The zero-order valence-electron chi connectivity index (χ0n) is 10.4. The molecule has 0 aliphatic heterocycles. The van der Waals surface area contributed by atoms with Gasteiger partial charge in [0.25, 0.3) is 0 Å². The maximum atomic E-state index is 11.7. The summed E-state index contributed by atoms with van der Waals surface area (Å²) < 4.78 is 0. The van der Waals surface area contributed by atoms with Crippen molar-refractivity contribution in [3.8, 4) is 0 Å². The number of carboxylic acids is 1. The lowest BCUT2D eigenvalue weighted by Gasteiger charge is -2.19. The number of carbonyl (C=O) groups excluding carboxylic acids is 1. The predicted octanol–water partition coefficient (Wildman–Crippen LogP) is -0.495. The lowest BCUT2D eigenvalue weighted by Crippen LogP contribution is -2.51. The molecule has 0 bridgehead atoms. The first-order valence-corrected chi connectivity index (χ1v) is 5.67. The Balaban J connectivity index is 2.64. The minimum absolute atomic E-state index is 0.0494. The lowest BCUT2D eigenvalue weighted by molar-refractivity contribution is -0.142. The second kappa shape index (κ2) is 6.15. The molecule has 100 valence electrons. The SMILES string of the molecule is CC(C)[C@@H](N)C(=O)NC(Cc1cnc[nH]1)C(=O)O. The summed E-state index contributed by atoms with van der Waals surface area (Å²) in [5.74, 6) is -1.61. The molecule has 1 aromatic heterocycles. The standard InChI is InChI=1S/C11H18N4O3/c1-6(2)9(12)10(16)15-8(11(17)18)3-7-4-13-5-14-7/h4-6,8-9H,3,12H2,1-2H3,(H,13,14)(H,15,16)(H,17,18)/t8?,9-/m1/s1. The first-order chi connectivity index (χ1) is 8.41. The van der Waals surface area contributed by atoms with E-state index in [0.717, 1.165) is 0 Å². The van der Waals surface area contributed by atoms with E-state index < -0.39 is 24.0 Å². The monoisotopic (exact) mass is 254 g/mol. The van der Waals surface area contributed by atoms with Gasteiger partial charge < -0.3 is 21.1 Å². The molecule has 0 aromatic carbocycles. The average Bonchev–Trinajstić information content (AvgIpc) is 2.79. The van der Waals surface area contributed by atoms with Crippen molar-refractivity contribution in [3.05, 3.63) is 18.2 Å². The number of hydrogen-bond acceptors (Lipinski definition) is 4. The molecule has 2 atom stereocenters. The van der Waals surface area contributed by atoms with Gasteiger partial charge in [-0.15, -0.1) is 0 Å². The second-order valence-electron chi connectivity index (χ2n) is 4.45. The Kier molecular flexibility index (Phi) is 4.85. The largest absolute Gasteiger partial charge is 0.480 e. The van der Waals surface area contributed by atoms with E-state index in [9.17, 15) is 9.59 Å². The number of amides is 1. The van der Waals surface area contributed by atoms with Crippen LogP contribution < -0.4 is 11.1 Å². The summed E-state index contributed by atoms with van der Waals surface area (Å²) in [5, 5.41) is 11.5. The molecule has 0 saturated heterocycles. The predicted molar refractivity (Wildman–Crippen MR) is 64.7 cm³/mol. The number of imidazole rings is 1. The summed E-state index contributed by atoms with van der Waals surface area (Å²) in [6.07, 6.45) is 3.12. The molecule has 1 unspecified atom stereocenters. The third-order valence-electron chi connectivity index (χ3n) is 2.61.